The van der Waals surface area contributed by atoms with Crippen molar-refractivity contribution in [3.8, 4) is 0 Å². The van der Waals surface area contributed by atoms with Gasteiger partial charge in [-0.05, 0) is 53.5 Å². The van der Waals surface area contributed by atoms with Crippen LogP contribution in [0.25, 0.3) is 0 Å². The molecule has 12 nitrogen and oxygen atoms in total. The van der Waals surface area contributed by atoms with Crippen LogP contribution in [-0.4, -0.2) is 111 Å². The highest BCUT2D eigenvalue weighted by Gasteiger charge is 2.72. The summed E-state index contributed by atoms with van der Waals surface area (Å²) in [5.74, 6) is -2.83. The Morgan fingerprint density at radius 2 is 1.52 bits per heavy atom. The first-order valence-electron chi connectivity index (χ1n) is 15.5. The number of methoxy groups -OCH3 is 2. The molecule has 1 N–H and O–H groups in total. The maximum absolute atomic E-state index is 10.2. The minimum atomic E-state index is -0.963. The van der Waals surface area contributed by atoms with Gasteiger partial charge in [-0.1, -0.05) is 30.3 Å². The smallest absolute Gasteiger partial charge is 0.187 e. The number of aliphatic hydroxyl groups excluding tert-OH is 1. The Morgan fingerprint density at radius 1 is 0.841 bits per heavy atom. The van der Waals surface area contributed by atoms with Gasteiger partial charge >= 0.3 is 0 Å². The Morgan fingerprint density at radius 3 is 2.14 bits per heavy atom. The van der Waals surface area contributed by atoms with Gasteiger partial charge in [0.25, 0.3) is 0 Å². The summed E-state index contributed by atoms with van der Waals surface area (Å²) >= 11 is 0. The Labute approximate surface area is 259 Å². The molecular formula is C32H48O12. The van der Waals surface area contributed by atoms with Crippen LogP contribution in [0.1, 0.15) is 53.5 Å². The summed E-state index contributed by atoms with van der Waals surface area (Å²) in [5, 5.41) is 10.2. The number of rotatable bonds is 11. The Bertz CT molecular complexity index is 1130. The molecule has 44 heavy (non-hydrogen) atoms. The van der Waals surface area contributed by atoms with Crippen LogP contribution in [0.5, 0.6) is 0 Å². The van der Waals surface area contributed by atoms with Gasteiger partial charge in [-0.2, -0.15) is 0 Å². The first-order valence-corrected chi connectivity index (χ1v) is 15.5. The second kappa shape index (κ2) is 12.1. The fraction of sp³-hybridized carbons (Fsp3) is 0.812. The SMILES string of the molecule is COC(OC)[C@@H]1OC(C)(C)O[C@H]1[C@H](O[C@@H]1O[C@@]2(C[C@@H]2CO)[C@@H]2OC(C)(C)O[C@@H]2[C@H]1OCc1ccccc1)[C@H]1COC(C)(C)O1. The standard InChI is InChI=1S/C32H48O12/c1-29(2)37-17-20(39-29)21(22-25(27(34-7)35-8)42-30(3,4)40-22)38-28-24(36-16-18-12-10-9-11-13-18)23-26(43-31(5,6)41-23)32(44-28)14-19(32)15-33/h9-13,19-28,33H,14-17H2,1-8H3/t19-,20-,21-,22+,23-,24-,25-,26-,28-,32-/m1/s1. The zero-order valence-electron chi connectivity index (χ0n) is 26.9. The number of hydrogen-bond donors (Lipinski definition) is 1. The molecule has 248 valence electrons. The van der Waals surface area contributed by atoms with Crippen LogP contribution >= 0.6 is 0 Å². The Hall–Kier alpha value is -1.26. The average molecular weight is 625 g/mol. The minimum absolute atomic E-state index is 0.0499. The summed E-state index contributed by atoms with van der Waals surface area (Å²) in [5.41, 5.74) is 0.193. The van der Waals surface area contributed by atoms with Crippen LogP contribution in [-0.2, 0) is 58.7 Å². The molecular weight excluding hydrogens is 576 g/mol. The first kappa shape index (κ1) is 32.7. The summed E-state index contributed by atoms with van der Waals surface area (Å²) in [4.78, 5) is 0. The molecule has 0 aromatic heterocycles. The number of ether oxygens (including phenoxy) is 11. The largest absolute Gasteiger partial charge is 0.396 e. The quantitative estimate of drug-likeness (QED) is 0.365. The highest BCUT2D eigenvalue weighted by atomic mass is 16.8. The van der Waals surface area contributed by atoms with E-state index in [1.54, 1.807) is 14.2 Å². The van der Waals surface area contributed by atoms with Gasteiger partial charge in [0.1, 0.15) is 48.3 Å². The monoisotopic (exact) mass is 624 g/mol. The molecule has 0 radical (unpaired) electrons. The maximum atomic E-state index is 10.2. The van der Waals surface area contributed by atoms with E-state index < -0.39 is 78.3 Å². The van der Waals surface area contributed by atoms with Gasteiger partial charge in [-0.3, -0.25) is 0 Å². The topological polar surface area (TPSA) is 122 Å². The van der Waals surface area contributed by atoms with E-state index >= 15 is 0 Å². The van der Waals surface area contributed by atoms with Crippen molar-refractivity contribution in [2.45, 2.75) is 133 Å². The molecule has 12 heteroatoms. The highest BCUT2D eigenvalue weighted by molar-refractivity contribution is 5.19. The van der Waals surface area contributed by atoms with Crippen molar-refractivity contribution in [3.63, 3.8) is 0 Å². The third-order valence-corrected chi connectivity index (χ3v) is 9.05. The van der Waals surface area contributed by atoms with E-state index in [1.165, 1.54) is 0 Å². The van der Waals surface area contributed by atoms with Crippen LogP contribution < -0.4 is 0 Å². The van der Waals surface area contributed by atoms with Gasteiger partial charge in [-0.25, -0.2) is 0 Å². The number of aliphatic hydroxyl groups is 1. The summed E-state index contributed by atoms with van der Waals surface area (Å²) in [6.07, 6.45) is -5.45. The lowest BCUT2D eigenvalue weighted by molar-refractivity contribution is -0.330. The second-order valence-electron chi connectivity index (χ2n) is 13.7. The molecule has 1 aromatic carbocycles. The molecule has 0 amide bonds. The molecule has 0 bridgehead atoms. The fourth-order valence-corrected chi connectivity index (χ4v) is 7.05. The predicted octanol–water partition coefficient (Wildman–Crippen LogP) is 2.87. The Balaban J connectivity index is 1.36. The van der Waals surface area contributed by atoms with E-state index in [2.05, 4.69) is 0 Å². The summed E-state index contributed by atoms with van der Waals surface area (Å²) < 4.78 is 69.7. The van der Waals surface area contributed by atoms with Gasteiger partial charge in [0.05, 0.1) is 13.2 Å². The van der Waals surface area contributed by atoms with E-state index in [9.17, 15) is 5.11 Å². The third kappa shape index (κ3) is 6.34. The van der Waals surface area contributed by atoms with Crippen molar-refractivity contribution < 1.29 is 57.2 Å². The predicted molar refractivity (Wildman–Crippen MR) is 153 cm³/mol. The molecule has 10 atom stereocenters. The number of fused-ring (bicyclic) bond motifs is 2. The number of benzene rings is 1. The van der Waals surface area contributed by atoms with Crippen molar-refractivity contribution in [3.05, 3.63) is 35.9 Å². The second-order valence-corrected chi connectivity index (χ2v) is 13.7. The summed E-state index contributed by atoms with van der Waals surface area (Å²) in [6, 6.07) is 9.89. The van der Waals surface area contributed by atoms with Crippen molar-refractivity contribution in [1.29, 1.82) is 0 Å². The molecule has 5 fully saturated rings. The van der Waals surface area contributed by atoms with E-state index in [4.69, 9.17) is 52.1 Å². The van der Waals surface area contributed by atoms with E-state index in [-0.39, 0.29) is 19.1 Å². The lowest BCUT2D eigenvalue weighted by Crippen LogP contribution is -2.62. The highest BCUT2D eigenvalue weighted by Crippen LogP contribution is 2.59. The van der Waals surface area contributed by atoms with Crippen LogP contribution in [0.4, 0.5) is 0 Å². The normalized spacial score (nSPS) is 40.9. The van der Waals surface area contributed by atoms with Crippen LogP contribution in [0.3, 0.4) is 0 Å². The molecule has 1 spiro atoms. The van der Waals surface area contributed by atoms with E-state index in [1.807, 2.05) is 71.9 Å². The lowest BCUT2D eigenvalue weighted by atomic mass is 9.94. The summed E-state index contributed by atoms with van der Waals surface area (Å²) in [6.45, 7) is 11.6. The third-order valence-electron chi connectivity index (χ3n) is 9.05. The van der Waals surface area contributed by atoms with Crippen LogP contribution in [0, 0.1) is 5.92 Å². The summed E-state index contributed by atoms with van der Waals surface area (Å²) in [7, 11) is 3.11. The van der Waals surface area contributed by atoms with Crippen LogP contribution in [0.2, 0.25) is 0 Å². The van der Waals surface area contributed by atoms with Crippen molar-refractivity contribution in [1.82, 2.24) is 0 Å². The molecule has 4 saturated heterocycles. The molecule has 6 rings (SSSR count). The maximum Gasteiger partial charge on any atom is 0.187 e. The Kier molecular flexibility index (Phi) is 8.97. The molecule has 1 aliphatic carbocycles. The van der Waals surface area contributed by atoms with Gasteiger partial charge in [0.15, 0.2) is 29.9 Å². The van der Waals surface area contributed by atoms with Crippen molar-refractivity contribution in [2.24, 2.45) is 5.92 Å². The zero-order valence-corrected chi connectivity index (χ0v) is 26.9. The molecule has 4 aliphatic heterocycles. The fourth-order valence-electron chi connectivity index (χ4n) is 7.05. The molecule has 0 unspecified atom stereocenters. The molecule has 1 aromatic rings. The van der Waals surface area contributed by atoms with E-state index in [0.717, 1.165) is 5.56 Å². The van der Waals surface area contributed by atoms with Gasteiger partial charge in [0.2, 0.25) is 0 Å². The van der Waals surface area contributed by atoms with Crippen molar-refractivity contribution >= 4 is 0 Å². The van der Waals surface area contributed by atoms with E-state index in [0.29, 0.717) is 13.0 Å². The zero-order chi connectivity index (χ0) is 31.5. The van der Waals surface area contributed by atoms with Gasteiger partial charge < -0.3 is 57.2 Å². The number of hydrogen-bond acceptors (Lipinski definition) is 12. The molecule has 4 heterocycles. The lowest BCUT2D eigenvalue weighted by Gasteiger charge is -2.45. The van der Waals surface area contributed by atoms with Gasteiger partial charge in [-0.15, -0.1) is 0 Å². The molecule has 1 saturated carbocycles. The average Bonchev–Trinajstić information content (AvgIpc) is 3.15. The first-order chi connectivity index (χ1) is 20.8. The minimum Gasteiger partial charge on any atom is -0.396 e. The van der Waals surface area contributed by atoms with Crippen molar-refractivity contribution in [2.75, 3.05) is 27.4 Å². The van der Waals surface area contributed by atoms with Gasteiger partial charge in [0, 0.05) is 26.7 Å². The van der Waals surface area contributed by atoms with Crippen LogP contribution in [0.15, 0.2) is 30.3 Å². The molecule has 5 aliphatic rings.